The Balaban J connectivity index is 1.45. The molecule has 4 rings (SSSR count). The largest absolute Gasteiger partial charge is 0.351 e. The van der Waals surface area contributed by atoms with E-state index in [-0.39, 0.29) is 11.8 Å². The molecule has 2 amide bonds. The van der Waals surface area contributed by atoms with Crippen molar-refractivity contribution in [1.29, 1.82) is 0 Å². The normalized spacial score (nSPS) is 16.7. The molecule has 0 saturated carbocycles. The molecular formula is C23H22N2O2. The van der Waals surface area contributed by atoms with Gasteiger partial charge in [0.1, 0.15) is 5.92 Å². The summed E-state index contributed by atoms with van der Waals surface area (Å²) >= 11 is 0. The minimum absolute atomic E-state index is 0.118. The van der Waals surface area contributed by atoms with Crippen LogP contribution in [0.1, 0.15) is 17.5 Å². The number of nitrogens with one attached hydrogen (secondary N) is 1. The summed E-state index contributed by atoms with van der Waals surface area (Å²) in [6.45, 7) is 3.03. The van der Waals surface area contributed by atoms with Gasteiger partial charge < -0.3 is 10.2 Å². The van der Waals surface area contributed by atoms with E-state index in [0.29, 0.717) is 19.5 Å². The van der Waals surface area contributed by atoms with Gasteiger partial charge in [-0.1, -0.05) is 60.2 Å². The summed E-state index contributed by atoms with van der Waals surface area (Å²) in [4.78, 5) is 27.1. The second-order valence-corrected chi connectivity index (χ2v) is 7.07. The molecule has 1 fully saturated rings. The monoisotopic (exact) mass is 358 g/mol. The van der Waals surface area contributed by atoms with Gasteiger partial charge in [0.15, 0.2) is 0 Å². The zero-order chi connectivity index (χ0) is 18.8. The van der Waals surface area contributed by atoms with Crippen LogP contribution < -0.4 is 10.2 Å². The van der Waals surface area contributed by atoms with E-state index in [9.17, 15) is 9.59 Å². The standard InChI is InChI=1S/C23H22N2O2/c1-16-5-4-6-17(13-16)15-24-22(26)21-11-12-25(23(21)27)20-10-9-18-7-2-3-8-19(18)14-20/h2-10,13-14,21H,11-12,15H2,1H3,(H,24,26). The highest BCUT2D eigenvalue weighted by atomic mass is 16.2. The average Bonchev–Trinajstić information content (AvgIpc) is 3.07. The molecule has 27 heavy (non-hydrogen) atoms. The first-order valence-electron chi connectivity index (χ1n) is 9.25. The fourth-order valence-corrected chi connectivity index (χ4v) is 3.66. The van der Waals surface area contributed by atoms with Crippen LogP contribution in [0.25, 0.3) is 10.8 Å². The maximum atomic E-state index is 12.8. The lowest BCUT2D eigenvalue weighted by Crippen LogP contribution is -2.36. The molecule has 1 saturated heterocycles. The van der Waals surface area contributed by atoms with Gasteiger partial charge in [0.2, 0.25) is 11.8 Å². The molecule has 3 aromatic rings. The SMILES string of the molecule is Cc1cccc(CNC(=O)C2CCN(c3ccc4ccccc4c3)C2=O)c1. The van der Waals surface area contributed by atoms with Crippen LogP contribution in [0.4, 0.5) is 5.69 Å². The van der Waals surface area contributed by atoms with E-state index in [1.54, 1.807) is 4.90 Å². The molecular weight excluding hydrogens is 336 g/mol. The molecule has 1 heterocycles. The van der Waals surface area contributed by atoms with Gasteiger partial charge in [0.25, 0.3) is 0 Å². The molecule has 1 aliphatic rings. The molecule has 1 N–H and O–H groups in total. The van der Waals surface area contributed by atoms with Gasteiger partial charge in [-0.15, -0.1) is 0 Å². The Morgan fingerprint density at radius 3 is 2.67 bits per heavy atom. The summed E-state index contributed by atoms with van der Waals surface area (Å²) < 4.78 is 0. The van der Waals surface area contributed by atoms with Crippen molar-refractivity contribution in [3.05, 3.63) is 77.9 Å². The number of amides is 2. The highest BCUT2D eigenvalue weighted by Gasteiger charge is 2.37. The Kier molecular flexibility index (Phi) is 4.63. The summed E-state index contributed by atoms with van der Waals surface area (Å²) in [5, 5.41) is 5.15. The number of rotatable bonds is 4. The first kappa shape index (κ1) is 17.3. The van der Waals surface area contributed by atoms with E-state index < -0.39 is 5.92 Å². The Hall–Kier alpha value is -3.14. The maximum absolute atomic E-state index is 12.8. The average molecular weight is 358 g/mol. The van der Waals surface area contributed by atoms with Crippen molar-refractivity contribution in [2.45, 2.75) is 19.9 Å². The smallest absolute Gasteiger partial charge is 0.239 e. The number of carbonyl (C=O) groups is 2. The number of aryl methyl sites for hydroxylation is 1. The van der Waals surface area contributed by atoms with E-state index in [2.05, 4.69) is 5.32 Å². The molecule has 0 bridgehead atoms. The predicted molar refractivity (Wildman–Crippen MR) is 107 cm³/mol. The molecule has 4 nitrogen and oxygen atoms in total. The number of fused-ring (bicyclic) bond motifs is 1. The van der Waals surface area contributed by atoms with Gasteiger partial charge >= 0.3 is 0 Å². The van der Waals surface area contributed by atoms with Crippen molar-refractivity contribution in [3.8, 4) is 0 Å². The second-order valence-electron chi connectivity index (χ2n) is 7.07. The summed E-state index contributed by atoms with van der Waals surface area (Å²) in [5.41, 5.74) is 3.05. The number of anilines is 1. The van der Waals surface area contributed by atoms with Gasteiger partial charge in [0.05, 0.1) is 0 Å². The first-order chi connectivity index (χ1) is 13.1. The summed E-state index contributed by atoms with van der Waals surface area (Å²) in [5.74, 6) is -0.918. The van der Waals surface area contributed by atoms with E-state index in [1.807, 2.05) is 73.7 Å². The zero-order valence-electron chi connectivity index (χ0n) is 15.3. The Morgan fingerprint density at radius 2 is 1.85 bits per heavy atom. The third-order valence-electron chi connectivity index (χ3n) is 5.12. The van der Waals surface area contributed by atoms with Crippen molar-refractivity contribution >= 4 is 28.3 Å². The van der Waals surface area contributed by atoms with E-state index in [0.717, 1.165) is 27.6 Å². The van der Waals surface area contributed by atoms with Gasteiger partial charge in [0, 0.05) is 18.8 Å². The molecule has 0 aromatic heterocycles. The van der Waals surface area contributed by atoms with E-state index in [1.165, 1.54) is 0 Å². The van der Waals surface area contributed by atoms with E-state index >= 15 is 0 Å². The van der Waals surface area contributed by atoms with E-state index in [4.69, 9.17) is 0 Å². The minimum Gasteiger partial charge on any atom is -0.351 e. The molecule has 0 aliphatic carbocycles. The second kappa shape index (κ2) is 7.23. The first-order valence-corrected chi connectivity index (χ1v) is 9.25. The van der Waals surface area contributed by atoms with Crippen LogP contribution in [0.3, 0.4) is 0 Å². The quantitative estimate of drug-likeness (QED) is 0.721. The van der Waals surface area contributed by atoms with Crippen LogP contribution in [0.15, 0.2) is 66.7 Å². The summed E-state index contributed by atoms with van der Waals surface area (Å²) in [6.07, 6.45) is 0.547. The Bertz CT molecular complexity index is 1010. The number of hydrogen-bond acceptors (Lipinski definition) is 2. The Morgan fingerprint density at radius 1 is 1.04 bits per heavy atom. The molecule has 1 unspecified atom stereocenters. The molecule has 3 aromatic carbocycles. The molecule has 0 spiro atoms. The van der Waals surface area contributed by atoms with Crippen molar-refractivity contribution < 1.29 is 9.59 Å². The molecule has 1 aliphatic heterocycles. The fourth-order valence-electron chi connectivity index (χ4n) is 3.66. The van der Waals surface area contributed by atoms with Gasteiger partial charge in [-0.25, -0.2) is 0 Å². The summed E-state index contributed by atoms with van der Waals surface area (Å²) in [6, 6.07) is 22.1. The van der Waals surface area contributed by atoms with Crippen LogP contribution in [0, 0.1) is 12.8 Å². The molecule has 0 radical (unpaired) electrons. The predicted octanol–water partition coefficient (Wildman–Crippen LogP) is 3.82. The van der Waals surface area contributed by atoms with Gasteiger partial charge in [-0.05, 0) is 41.8 Å². The lowest BCUT2D eigenvalue weighted by atomic mass is 10.1. The third-order valence-corrected chi connectivity index (χ3v) is 5.12. The third kappa shape index (κ3) is 3.56. The topological polar surface area (TPSA) is 49.4 Å². The highest BCUT2D eigenvalue weighted by molar-refractivity contribution is 6.10. The van der Waals surface area contributed by atoms with Crippen LogP contribution in [-0.2, 0) is 16.1 Å². The molecule has 136 valence electrons. The van der Waals surface area contributed by atoms with Crippen LogP contribution in [-0.4, -0.2) is 18.4 Å². The number of hydrogen-bond donors (Lipinski definition) is 1. The van der Waals surface area contributed by atoms with Crippen molar-refractivity contribution in [2.75, 3.05) is 11.4 Å². The highest BCUT2D eigenvalue weighted by Crippen LogP contribution is 2.28. The van der Waals surface area contributed by atoms with Gasteiger partial charge in [-0.2, -0.15) is 0 Å². The zero-order valence-corrected chi connectivity index (χ0v) is 15.3. The fraction of sp³-hybridized carbons (Fsp3) is 0.217. The summed E-state index contributed by atoms with van der Waals surface area (Å²) in [7, 11) is 0. The lowest BCUT2D eigenvalue weighted by molar-refractivity contribution is -0.132. The maximum Gasteiger partial charge on any atom is 0.239 e. The van der Waals surface area contributed by atoms with Crippen LogP contribution in [0.5, 0.6) is 0 Å². The van der Waals surface area contributed by atoms with Crippen LogP contribution in [0.2, 0.25) is 0 Å². The van der Waals surface area contributed by atoms with Crippen molar-refractivity contribution in [1.82, 2.24) is 5.32 Å². The lowest BCUT2D eigenvalue weighted by Gasteiger charge is -2.17. The molecule has 1 atom stereocenters. The van der Waals surface area contributed by atoms with Crippen molar-refractivity contribution in [2.24, 2.45) is 5.92 Å². The molecule has 4 heteroatoms. The minimum atomic E-state index is -0.610. The number of benzene rings is 3. The van der Waals surface area contributed by atoms with Crippen LogP contribution >= 0.6 is 0 Å². The number of carbonyl (C=O) groups excluding carboxylic acids is 2. The number of nitrogens with zero attached hydrogens (tertiary/aromatic N) is 1. The van der Waals surface area contributed by atoms with Gasteiger partial charge in [-0.3, -0.25) is 9.59 Å². The van der Waals surface area contributed by atoms with Crippen molar-refractivity contribution in [3.63, 3.8) is 0 Å². The Labute approximate surface area is 158 Å².